The molecule has 0 saturated carbocycles. The Morgan fingerprint density at radius 3 is 2.78 bits per heavy atom. The molecule has 1 aromatic heterocycles. The number of nitrogens with one attached hydrogen (secondary N) is 1. The predicted octanol–water partition coefficient (Wildman–Crippen LogP) is 4.32. The quantitative estimate of drug-likeness (QED) is 0.755. The number of nitrogens with zero attached hydrogens (tertiary/aromatic N) is 2. The predicted molar refractivity (Wildman–Crippen MR) is 89.8 cm³/mol. The Morgan fingerprint density at radius 1 is 1.13 bits per heavy atom. The second-order valence-electron chi connectivity index (χ2n) is 4.97. The number of rotatable bonds is 5. The van der Waals surface area contributed by atoms with Gasteiger partial charge in [-0.25, -0.2) is 0 Å². The summed E-state index contributed by atoms with van der Waals surface area (Å²) in [6, 6.07) is 13.2. The minimum atomic E-state index is 0.420. The Labute approximate surface area is 139 Å². The van der Waals surface area contributed by atoms with Gasteiger partial charge in [0.25, 0.3) is 5.89 Å². The van der Waals surface area contributed by atoms with E-state index in [1.54, 1.807) is 7.11 Å². The molecule has 2 aromatic carbocycles. The molecule has 0 aliphatic heterocycles. The Morgan fingerprint density at radius 2 is 1.96 bits per heavy atom. The second-order valence-corrected chi connectivity index (χ2v) is 5.37. The Kier molecular flexibility index (Phi) is 4.48. The fourth-order valence-electron chi connectivity index (χ4n) is 2.23. The van der Waals surface area contributed by atoms with Crippen molar-refractivity contribution in [3.05, 3.63) is 58.9 Å². The molecule has 0 atom stereocenters. The first kappa shape index (κ1) is 15.4. The molecular weight excluding hydrogens is 314 g/mol. The van der Waals surface area contributed by atoms with Gasteiger partial charge >= 0.3 is 0 Å². The highest BCUT2D eigenvalue weighted by Crippen LogP contribution is 2.28. The van der Waals surface area contributed by atoms with Crippen LogP contribution < -0.4 is 10.1 Å². The van der Waals surface area contributed by atoms with E-state index < -0.39 is 0 Å². The maximum Gasteiger partial charge on any atom is 0.251 e. The van der Waals surface area contributed by atoms with E-state index in [0.29, 0.717) is 24.1 Å². The summed E-state index contributed by atoms with van der Waals surface area (Å²) in [5, 5.41) is 12.1. The highest BCUT2D eigenvalue weighted by atomic mass is 35.5. The zero-order valence-corrected chi connectivity index (χ0v) is 13.6. The van der Waals surface area contributed by atoms with Gasteiger partial charge in [-0.1, -0.05) is 29.8 Å². The zero-order valence-electron chi connectivity index (χ0n) is 12.8. The summed E-state index contributed by atoms with van der Waals surface area (Å²) in [5.41, 5.74) is 2.70. The highest BCUT2D eigenvalue weighted by Gasteiger charge is 2.13. The van der Waals surface area contributed by atoms with Gasteiger partial charge in [-0.3, -0.25) is 0 Å². The normalized spacial score (nSPS) is 10.6. The first-order chi connectivity index (χ1) is 11.2. The van der Waals surface area contributed by atoms with E-state index in [4.69, 9.17) is 20.8 Å². The van der Waals surface area contributed by atoms with Gasteiger partial charge < -0.3 is 14.5 Å². The minimum Gasteiger partial charge on any atom is -0.496 e. The Hall–Kier alpha value is -2.53. The van der Waals surface area contributed by atoms with Crippen molar-refractivity contribution >= 4 is 17.3 Å². The first-order valence-corrected chi connectivity index (χ1v) is 7.51. The largest absolute Gasteiger partial charge is 0.496 e. The van der Waals surface area contributed by atoms with Crippen molar-refractivity contribution in [1.82, 2.24) is 10.2 Å². The van der Waals surface area contributed by atoms with Crippen LogP contribution in [0.1, 0.15) is 11.5 Å². The van der Waals surface area contributed by atoms with Crippen molar-refractivity contribution in [2.24, 2.45) is 0 Å². The molecule has 0 radical (unpaired) electrons. The number of methoxy groups -OCH3 is 1. The molecule has 3 aromatic rings. The van der Waals surface area contributed by atoms with Crippen molar-refractivity contribution in [1.29, 1.82) is 0 Å². The molecule has 1 heterocycles. The molecule has 0 amide bonds. The lowest BCUT2D eigenvalue weighted by Gasteiger charge is -2.08. The topological polar surface area (TPSA) is 60.2 Å². The first-order valence-electron chi connectivity index (χ1n) is 7.14. The number of anilines is 1. The van der Waals surface area contributed by atoms with Gasteiger partial charge in [0.15, 0.2) is 0 Å². The number of benzene rings is 2. The van der Waals surface area contributed by atoms with Crippen molar-refractivity contribution in [2.75, 3.05) is 12.4 Å². The van der Waals surface area contributed by atoms with Crippen molar-refractivity contribution in [3.63, 3.8) is 0 Å². The van der Waals surface area contributed by atoms with Crippen LogP contribution in [-0.4, -0.2) is 17.3 Å². The average Bonchev–Trinajstić information content (AvgIpc) is 3.05. The molecule has 0 aliphatic carbocycles. The summed E-state index contributed by atoms with van der Waals surface area (Å²) in [5.74, 6) is 1.62. The molecule has 23 heavy (non-hydrogen) atoms. The molecule has 0 saturated heterocycles. The van der Waals surface area contributed by atoms with Crippen LogP contribution in [0.3, 0.4) is 0 Å². The third kappa shape index (κ3) is 3.29. The molecule has 0 spiro atoms. The van der Waals surface area contributed by atoms with Crippen LogP contribution in [0, 0.1) is 6.92 Å². The third-order valence-electron chi connectivity index (χ3n) is 3.50. The summed E-state index contributed by atoms with van der Waals surface area (Å²) in [6.45, 7) is 2.38. The van der Waals surface area contributed by atoms with Gasteiger partial charge in [-0.2, -0.15) is 0 Å². The van der Waals surface area contributed by atoms with Crippen LogP contribution in [-0.2, 0) is 6.54 Å². The van der Waals surface area contributed by atoms with E-state index >= 15 is 0 Å². The number of aromatic nitrogens is 2. The summed E-state index contributed by atoms with van der Waals surface area (Å²) in [4.78, 5) is 0. The summed E-state index contributed by atoms with van der Waals surface area (Å²) < 4.78 is 11.0. The summed E-state index contributed by atoms with van der Waals surface area (Å²) >= 11 is 6.11. The monoisotopic (exact) mass is 329 g/mol. The van der Waals surface area contributed by atoms with E-state index in [1.165, 1.54) is 0 Å². The average molecular weight is 330 g/mol. The molecule has 0 bridgehead atoms. The van der Waals surface area contributed by atoms with Crippen LogP contribution in [0.4, 0.5) is 5.69 Å². The smallest absolute Gasteiger partial charge is 0.251 e. The fraction of sp³-hybridized carbons (Fsp3) is 0.176. The molecule has 5 nitrogen and oxygen atoms in total. The summed E-state index contributed by atoms with van der Waals surface area (Å²) in [6.07, 6.45) is 0. The molecule has 3 rings (SSSR count). The number of hydrogen-bond donors (Lipinski definition) is 1. The van der Waals surface area contributed by atoms with E-state index in [0.717, 1.165) is 21.8 Å². The van der Waals surface area contributed by atoms with Gasteiger partial charge in [0.2, 0.25) is 5.89 Å². The second kappa shape index (κ2) is 6.71. The maximum atomic E-state index is 6.11. The number of halogens is 1. The van der Waals surface area contributed by atoms with Crippen LogP contribution >= 0.6 is 11.6 Å². The lowest BCUT2D eigenvalue weighted by molar-refractivity contribution is 0.413. The minimum absolute atomic E-state index is 0.420. The Bertz CT molecular complexity index is 817. The van der Waals surface area contributed by atoms with E-state index in [9.17, 15) is 0 Å². The maximum absolute atomic E-state index is 6.11. The number of hydrogen-bond acceptors (Lipinski definition) is 5. The fourth-order valence-corrected chi connectivity index (χ4v) is 2.40. The molecule has 1 N–H and O–H groups in total. The molecule has 118 valence electrons. The zero-order chi connectivity index (χ0) is 16.2. The molecular formula is C17H16ClN3O2. The van der Waals surface area contributed by atoms with Crippen molar-refractivity contribution < 1.29 is 9.15 Å². The SMILES string of the molecule is COc1ccccc1-c1nnc(CNc2cccc(Cl)c2C)o1. The number of ether oxygens (including phenoxy) is 1. The third-order valence-corrected chi connectivity index (χ3v) is 3.91. The van der Waals surface area contributed by atoms with Crippen LogP contribution in [0.2, 0.25) is 5.02 Å². The van der Waals surface area contributed by atoms with Crippen LogP contribution in [0.15, 0.2) is 46.9 Å². The molecule has 6 heteroatoms. The molecule has 0 aliphatic rings. The lowest BCUT2D eigenvalue weighted by Crippen LogP contribution is -2.01. The van der Waals surface area contributed by atoms with Gasteiger partial charge in [0.05, 0.1) is 19.2 Å². The van der Waals surface area contributed by atoms with Crippen LogP contribution in [0.25, 0.3) is 11.5 Å². The van der Waals surface area contributed by atoms with Gasteiger partial charge in [-0.05, 0) is 36.8 Å². The van der Waals surface area contributed by atoms with Crippen molar-refractivity contribution in [3.8, 4) is 17.2 Å². The standard InChI is InChI=1S/C17H16ClN3O2/c1-11-13(18)7-5-8-14(11)19-10-16-20-21-17(23-16)12-6-3-4-9-15(12)22-2/h3-9,19H,10H2,1-2H3. The van der Waals surface area contributed by atoms with Gasteiger partial charge in [0, 0.05) is 10.7 Å². The number of para-hydroxylation sites is 1. The van der Waals surface area contributed by atoms with E-state index in [1.807, 2.05) is 49.4 Å². The van der Waals surface area contributed by atoms with Crippen LogP contribution in [0.5, 0.6) is 5.75 Å². The van der Waals surface area contributed by atoms with E-state index in [2.05, 4.69) is 15.5 Å². The molecule has 0 unspecified atom stereocenters. The Balaban J connectivity index is 1.76. The lowest BCUT2D eigenvalue weighted by atomic mass is 10.2. The van der Waals surface area contributed by atoms with Gasteiger partial charge in [0.1, 0.15) is 5.75 Å². The van der Waals surface area contributed by atoms with E-state index in [-0.39, 0.29) is 0 Å². The summed E-state index contributed by atoms with van der Waals surface area (Å²) in [7, 11) is 1.61. The molecule has 0 fully saturated rings. The highest BCUT2D eigenvalue weighted by molar-refractivity contribution is 6.31. The van der Waals surface area contributed by atoms with Gasteiger partial charge in [-0.15, -0.1) is 10.2 Å². The van der Waals surface area contributed by atoms with Crippen molar-refractivity contribution in [2.45, 2.75) is 13.5 Å².